The third-order valence-electron chi connectivity index (χ3n) is 2.11. The van der Waals surface area contributed by atoms with Gasteiger partial charge in [0.2, 0.25) is 0 Å². The van der Waals surface area contributed by atoms with Crippen LogP contribution in [0.3, 0.4) is 0 Å². The lowest BCUT2D eigenvalue weighted by Crippen LogP contribution is -2.10. The summed E-state index contributed by atoms with van der Waals surface area (Å²) in [6.45, 7) is 0.510. The lowest BCUT2D eigenvalue weighted by Gasteiger charge is -2.11. The molecule has 6 heteroatoms. The van der Waals surface area contributed by atoms with Crippen LogP contribution in [0, 0.1) is 0 Å². The summed E-state index contributed by atoms with van der Waals surface area (Å²) < 4.78 is 11.5. The minimum absolute atomic E-state index is 0.238. The van der Waals surface area contributed by atoms with Gasteiger partial charge in [0, 0.05) is 17.1 Å². The molecule has 0 atom stereocenters. The van der Waals surface area contributed by atoms with Crippen molar-refractivity contribution < 1.29 is 14.3 Å². The van der Waals surface area contributed by atoms with Gasteiger partial charge in [-0.25, -0.2) is 0 Å². The fourth-order valence-corrected chi connectivity index (χ4v) is 2.52. The zero-order valence-electron chi connectivity index (χ0n) is 9.55. The summed E-state index contributed by atoms with van der Waals surface area (Å²) in [6, 6.07) is 3.74. The number of esters is 1. The number of anilines is 1. The molecule has 0 fully saturated rings. The summed E-state index contributed by atoms with van der Waals surface area (Å²) in [7, 11) is 2.98. The first-order valence-electron chi connectivity index (χ1n) is 4.92. The van der Waals surface area contributed by atoms with E-state index in [1.54, 1.807) is 7.11 Å². The molecule has 0 amide bonds. The summed E-state index contributed by atoms with van der Waals surface area (Å²) in [5.74, 6) is 0.492. The van der Waals surface area contributed by atoms with Crippen LogP contribution in [0.1, 0.15) is 6.42 Å². The van der Waals surface area contributed by atoms with Gasteiger partial charge in [0.05, 0.1) is 30.8 Å². The Bertz CT molecular complexity index is 410. The molecule has 17 heavy (non-hydrogen) atoms. The molecule has 0 bridgehead atoms. The Kier molecular flexibility index (Phi) is 5.77. The van der Waals surface area contributed by atoms with Crippen LogP contribution in [0.15, 0.2) is 21.1 Å². The molecule has 0 aromatic heterocycles. The topological polar surface area (TPSA) is 47.6 Å². The van der Waals surface area contributed by atoms with E-state index in [0.29, 0.717) is 13.0 Å². The van der Waals surface area contributed by atoms with Crippen molar-refractivity contribution in [2.24, 2.45) is 0 Å². The molecule has 4 nitrogen and oxygen atoms in total. The van der Waals surface area contributed by atoms with Crippen LogP contribution in [-0.4, -0.2) is 26.7 Å². The lowest BCUT2D eigenvalue weighted by atomic mass is 10.3. The highest BCUT2D eigenvalue weighted by molar-refractivity contribution is 9.11. The van der Waals surface area contributed by atoms with Crippen LogP contribution < -0.4 is 10.1 Å². The van der Waals surface area contributed by atoms with Gasteiger partial charge in [-0.2, -0.15) is 0 Å². The monoisotopic (exact) mass is 365 g/mol. The van der Waals surface area contributed by atoms with E-state index in [0.717, 1.165) is 20.4 Å². The maximum absolute atomic E-state index is 11.0. The number of carbonyl (C=O) groups excluding carboxylic acids is 1. The van der Waals surface area contributed by atoms with Crippen LogP contribution in [0.4, 0.5) is 5.69 Å². The molecule has 1 rings (SSSR count). The van der Waals surface area contributed by atoms with Crippen molar-refractivity contribution >= 4 is 43.5 Å². The average molecular weight is 367 g/mol. The molecule has 1 aromatic carbocycles. The largest absolute Gasteiger partial charge is 0.495 e. The summed E-state index contributed by atoms with van der Waals surface area (Å²) in [5, 5.41) is 3.13. The maximum atomic E-state index is 11.0. The van der Waals surface area contributed by atoms with Crippen LogP contribution in [0.25, 0.3) is 0 Å². The second kappa shape index (κ2) is 6.86. The van der Waals surface area contributed by atoms with Crippen molar-refractivity contribution in [3.05, 3.63) is 21.1 Å². The second-order valence-electron chi connectivity index (χ2n) is 3.22. The van der Waals surface area contributed by atoms with Gasteiger partial charge in [-0.05, 0) is 37.9 Å². The molecule has 94 valence electrons. The number of rotatable bonds is 5. The Morgan fingerprint density at radius 3 is 2.59 bits per heavy atom. The van der Waals surface area contributed by atoms with Gasteiger partial charge in [0.25, 0.3) is 0 Å². The lowest BCUT2D eigenvalue weighted by molar-refractivity contribution is -0.140. The van der Waals surface area contributed by atoms with E-state index in [-0.39, 0.29) is 5.97 Å². The third-order valence-corrected chi connectivity index (χ3v) is 3.39. The highest BCUT2D eigenvalue weighted by atomic mass is 79.9. The van der Waals surface area contributed by atoms with Crippen LogP contribution in [0.2, 0.25) is 0 Å². The minimum Gasteiger partial charge on any atom is -0.495 e. The van der Waals surface area contributed by atoms with E-state index >= 15 is 0 Å². The molecular weight excluding hydrogens is 354 g/mol. The van der Waals surface area contributed by atoms with E-state index in [4.69, 9.17) is 4.74 Å². The van der Waals surface area contributed by atoms with Gasteiger partial charge < -0.3 is 14.8 Å². The van der Waals surface area contributed by atoms with E-state index in [9.17, 15) is 4.79 Å². The van der Waals surface area contributed by atoms with Crippen LogP contribution in [0.5, 0.6) is 5.75 Å². The fourth-order valence-electron chi connectivity index (χ4n) is 1.22. The maximum Gasteiger partial charge on any atom is 0.307 e. The van der Waals surface area contributed by atoms with Crippen molar-refractivity contribution in [1.29, 1.82) is 0 Å². The molecule has 0 aliphatic rings. The van der Waals surface area contributed by atoms with E-state index < -0.39 is 0 Å². The van der Waals surface area contributed by atoms with Gasteiger partial charge in [-0.15, -0.1) is 0 Å². The van der Waals surface area contributed by atoms with Crippen molar-refractivity contribution in [3.63, 3.8) is 0 Å². The molecule has 1 N–H and O–H groups in total. The van der Waals surface area contributed by atoms with Crippen molar-refractivity contribution in [2.75, 3.05) is 26.1 Å². The predicted octanol–water partition coefficient (Wildman–Crippen LogP) is 3.20. The molecule has 0 radical (unpaired) electrons. The third kappa shape index (κ3) is 4.20. The zero-order valence-corrected chi connectivity index (χ0v) is 12.7. The smallest absolute Gasteiger partial charge is 0.307 e. The number of methoxy groups -OCH3 is 2. The van der Waals surface area contributed by atoms with Crippen LogP contribution in [-0.2, 0) is 9.53 Å². The highest BCUT2D eigenvalue weighted by Gasteiger charge is 2.07. The summed E-state index contributed by atoms with van der Waals surface area (Å²) in [6.07, 6.45) is 0.321. The highest BCUT2D eigenvalue weighted by Crippen LogP contribution is 2.34. The Labute approximate surface area is 117 Å². The molecule has 0 saturated carbocycles. The fraction of sp³-hybridized carbons (Fsp3) is 0.364. The van der Waals surface area contributed by atoms with Gasteiger partial charge in [-0.1, -0.05) is 0 Å². The molecule has 0 saturated heterocycles. The first-order valence-corrected chi connectivity index (χ1v) is 6.50. The van der Waals surface area contributed by atoms with E-state index in [2.05, 4.69) is 41.9 Å². The number of nitrogens with one attached hydrogen (secondary N) is 1. The Morgan fingerprint density at radius 2 is 2.00 bits per heavy atom. The Morgan fingerprint density at radius 1 is 1.29 bits per heavy atom. The quantitative estimate of drug-likeness (QED) is 0.813. The van der Waals surface area contributed by atoms with Gasteiger partial charge in [0.1, 0.15) is 5.75 Å². The minimum atomic E-state index is -0.238. The first-order chi connectivity index (χ1) is 8.08. The van der Waals surface area contributed by atoms with Crippen molar-refractivity contribution in [1.82, 2.24) is 0 Å². The number of benzene rings is 1. The number of ether oxygens (including phenoxy) is 2. The van der Waals surface area contributed by atoms with Crippen LogP contribution >= 0.6 is 31.9 Å². The molecule has 0 aliphatic carbocycles. The molecule has 0 spiro atoms. The van der Waals surface area contributed by atoms with Crippen molar-refractivity contribution in [2.45, 2.75) is 6.42 Å². The van der Waals surface area contributed by atoms with Gasteiger partial charge in [0.15, 0.2) is 0 Å². The van der Waals surface area contributed by atoms with Gasteiger partial charge >= 0.3 is 5.97 Å². The summed E-state index contributed by atoms with van der Waals surface area (Å²) in [5.41, 5.74) is 0.869. The normalized spacial score (nSPS) is 9.88. The molecule has 1 aromatic rings. The molecule has 0 unspecified atom stereocenters. The zero-order chi connectivity index (χ0) is 12.8. The van der Waals surface area contributed by atoms with Crippen molar-refractivity contribution in [3.8, 4) is 5.75 Å². The number of hydrogen-bond donors (Lipinski definition) is 1. The molecule has 0 aliphatic heterocycles. The average Bonchev–Trinajstić information content (AvgIpc) is 2.31. The second-order valence-corrected chi connectivity index (χ2v) is 4.93. The standard InChI is InChI=1S/C11H13Br2NO3/c1-16-10-6-9(7(12)5-8(10)13)14-4-3-11(15)17-2/h5-6,14H,3-4H2,1-2H3. The first kappa shape index (κ1) is 14.3. The Hall–Kier alpha value is -0.750. The number of carbonyl (C=O) groups is 1. The summed E-state index contributed by atoms with van der Waals surface area (Å²) in [4.78, 5) is 11.0. The van der Waals surface area contributed by atoms with E-state index in [1.165, 1.54) is 7.11 Å². The number of hydrogen-bond acceptors (Lipinski definition) is 4. The molecular formula is C11H13Br2NO3. The molecule has 0 heterocycles. The Balaban J connectivity index is 2.67. The van der Waals surface area contributed by atoms with E-state index in [1.807, 2.05) is 12.1 Å². The van der Waals surface area contributed by atoms with Gasteiger partial charge in [-0.3, -0.25) is 4.79 Å². The number of halogens is 2. The SMILES string of the molecule is COC(=O)CCNc1cc(OC)c(Br)cc1Br. The summed E-state index contributed by atoms with van der Waals surface area (Å²) >= 11 is 6.82. The predicted molar refractivity (Wildman–Crippen MR) is 73.5 cm³/mol.